The molecule has 5 N–H and O–H groups in total. The second-order valence-electron chi connectivity index (χ2n) is 9.13. The third kappa shape index (κ3) is 5.25. The first-order valence-corrected chi connectivity index (χ1v) is 12.5. The van der Waals surface area contributed by atoms with Crippen molar-refractivity contribution in [3.8, 4) is 10.6 Å². The molecule has 2 heterocycles. The number of nitrogen functional groups attached to an aromatic ring is 1. The molecule has 0 aliphatic heterocycles. The van der Waals surface area contributed by atoms with Crippen LogP contribution in [0.2, 0.25) is 0 Å². The molecule has 4 atom stereocenters. The predicted octanol–water partition coefficient (Wildman–Crippen LogP) is 4.23. The number of carbonyl (C=O) groups is 2. The molecular formula is C25H28F2N6O3S. The van der Waals surface area contributed by atoms with Gasteiger partial charge in [-0.1, -0.05) is 24.3 Å². The molecule has 2 aromatic heterocycles. The van der Waals surface area contributed by atoms with E-state index in [0.29, 0.717) is 18.5 Å². The number of nitrogens with one attached hydrogen (secondary N) is 1. The van der Waals surface area contributed by atoms with Crippen molar-refractivity contribution >= 4 is 34.0 Å². The number of hydrogen-bond donors (Lipinski definition) is 3. The van der Waals surface area contributed by atoms with E-state index < -0.39 is 23.6 Å². The number of anilines is 2. The summed E-state index contributed by atoms with van der Waals surface area (Å²) in [6.07, 6.45) is 3.99. The fraction of sp³-hybridized carbons (Fsp3) is 0.360. The number of likely N-dealkylation sites (N-methyl/N-ethyl adjacent to an activating group) is 1. The van der Waals surface area contributed by atoms with Crippen LogP contribution in [0.4, 0.5) is 24.3 Å². The second kappa shape index (κ2) is 10.8. The lowest BCUT2D eigenvalue weighted by molar-refractivity contribution is 0.0778. The van der Waals surface area contributed by atoms with Gasteiger partial charge in [0.25, 0.3) is 5.91 Å². The number of thiazole rings is 1. The minimum Gasteiger partial charge on any atom is -0.453 e. The van der Waals surface area contributed by atoms with E-state index in [9.17, 15) is 18.4 Å². The Morgan fingerprint density at radius 3 is 2.57 bits per heavy atom. The second-order valence-corrected chi connectivity index (χ2v) is 10.2. The largest absolute Gasteiger partial charge is 0.453 e. The number of nitrogens with two attached hydrogens (primary N) is 2. The van der Waals surface area contributed by atoms with Crippen LogP contribution in [-0.4, -0.2) is 53.1 Å². The minimum atomic E-state index is -0.797. The van der Waals surface area contributed by atoms with Gasteiger partial charge in [0.1, 0.15) is 21.6 Å². The van der Waals surface area contributed by atoms with Crippen LogP contribution in [0.1, 0.15) is 41.7 Å². The summed E-state index contributed by atoms with van der Waals surface area (Å²) in [7, 11) is 3.00. The van der Waals surface area contributed by atoms with E-state index >= 15 is 0 Å². The molecule has 2 amide bonds. The standard InChI is InChI=1S/C25H28F2N6O3S/c1-12-9-13(10-17(28)21(12)33(2)25(35)36-3)14-7-8-30-11-18(14)31-23(34)20-22(29)37-24(32-20)19-15(26)5-4-6-16(19)27/h4-8,11-13,17,21H,9-10,28-29H2,1-3H3,(H,31,34)/t12-,13+,17+,21-/m1/s1. The van der Waals surface area contributed by atoms with E-state index in [1.165, 1.54) is 24.3 Å². The Morgan fingerprint density at radius 1 is 1.22 bits per heavy atom. The molecule has 1 fully saturated rings. The Hall–Kier alpha value is -3.64. The lowest BCUT2D eigenvalue weighted by Crippen LogP contribution is -2.55. The number of ether oxygens (including phenoxy) is 1. The summed E-state index contributed by atoms with van der Waals surface area (Å²) in [6, 6.07) is 4.77. The normalized spacial score (nSPS) is 21.4. The maximum Gasteiger partial charge on any atom is 0.409 e. The molecule has 0 saturated heterocycles. The zero-order chi connectivity index (χ0) is 26.9. The monoisotopic (exact) mass is 530 g/mol. The number of aromatic nitrogens is 2. The molecule has 0 bridgehead atoms. The summed E-state index contributed by atoms with van der Waals surface area (Å²) in [5.74, 6) is -2.17. The Bertz CT molecular complexity index is 1290. The van der Waals surface area contributed by atoms with Gasteiger partial charge in [-0.2, -0.15) is 0 Å². The van der Waals surface area contributed by atoms with Crippen LogP contribution in [0.15, 0.2) is 36.7 Å². The van der Waals surface area contributed by atoms with Gasteiger partial charge >= 0.3 is 6.09 Å². The number of amides is 2. The van der Waals surface area contributed by atoms with Crippen molar-refractivity contribution in [2.75, 3.05) is 25.2 Å². The summed E-state index contributed by atoms with van der Waals surface area (Å²) in [5, 5.41) is 2.80. The van der Waals surface area contributed by atoms with E-state index in [0.717, 1.165) is 29.0 Å². The topological polar surface area (TPSA) is 136 Å². The zero-order valence-corrected chi connectivity index (χ0v) is 21.4. The van der Waals surface area contributed by atoms with Crippen molar-refractivity contribution in [1.29, 1.82) is 0 Å². The Kier molecular flexibility index (Phi) is 7.69. The molecule has 1 aromatic carbocycles. The number of rotatable bonds is 5. The first-order chi connectivity index (χ1) is 17.6. The maximum atomic E-state index is 14.2. The first-order valence-electron chi connectivity index (χ1n) is 11.6. The van der Waals surface area contributed by atoms with E-state index in [2.05, 4.69) is 15.3 Å². The van der Waals surface area contributed by atoms with Crippen LogP contribution in [-0.2, 0) is 4.74 Å². The van der Waals surface area contributed by atoms with Crippen molar-refractivity contribution < 1.29 is 23.1 Å². The third-order valence-electron chi connectivity index (χ3n) is 6.73. The summed E-state index contributed by atoms with van der Waals surface area (Å²) < 4.78 is 33.3. The molecule has 9 nitrogen and oxygen atoms in total. The smallest absolute Gasteiger partial charge is 0.409 e. The fourth-order valence-electron chi connectivity index (χ4n) is 5.11. The van der Waals surface area contributed by atoms with Crippen LogP contribution >= 0.6 is 11.3 Å². The van der Waals surface area contributed by atoms with Gasteiger partial charge < -0.3 is 26.4 Å². The molecule has 1 saturated carbocycles. The molecule has 1 aliphatic carbocycles. The number of benzene rings is 1. The molecule has 0 radical (unpaired) electrons. The highest BCUT2D eigenvalue weighted by Gasteiger charge is 2.39. The molecule has 4 rings (SSSR count). The van der Waals surface area contributed by atoms with Gasteiger partial charge in [-0.15, -0.1) is 0 Å². The van der Waals surface area contributed by atoms with Crippen molar-refractivity contribution in [2.45, 2.75) is 37.8 Å². The van der Waals surface area contributed by atoms with Crippen LogP contribution in [0.3, 0.4) is 0 Å². The molecule has 1 aliphatic rings. The molecule has 12 heteroatoms. The van der Waals surface area contributed by atoms with Crippen molar-refractivity contribution in [3.63, 3.8) is 0 Å². The van der Waals surface area contributed by atoms with Crippen molar-refractivity contribution in [1.82, 2.24) is 14.9 Å². The van der Waals surface area contributed by atoms with E-state index in [1.54, 1.807) is 13.2 Å². The predicted molar refractivity (Wildman–Crippen MR) is 137 cm³/mol. The van der Waals surface area contributed by atoms with Crippen molar-refractivity contribution in [3.05, 3.63) is 59.6 Å². The average Bonchev–Trinajstić information content (AvgIpc) is 3.24. The lowest BCUT2D eigenvalue weighted by Gasteiger charge is -2.43. The van der Waals surface area contributed by atoms with Crippen LogP contribution in [0, 0.1) is 17.6 Å². The van der Waals surface area contributed by atoms with E-state index in [4.69, 9.17) is 16.2 Å². The van der Waals surface area contributed by atoms with Crippen LogP contribution in [0.5, 0.6) is 0 Å². The third-order valence-corrected chi connectivity index (χ3v) is 7.63. The number of carbonyl (C=O) groups excluding carboxylic acids is 2. The summed E-state index contributed by atoms with van der Waals surface area (Å²) in [5.41, 5.74) is 13.3. The molecule has 0 unspecified atom stereocenters. The van der Waals surface area contributed by atoms with Gasteiger partial charge in [0.2, 0.25) is 0 Å². The highest BCUT2D eigenvalue weighted by Crippen LogP contribution is 2.40. The van der Waals surface area contributed by atoms with Crippen LogP contribution in [0.25, 0.3) is 10.6 Å². The van der Waals surface area contributed by atoms with Gasteiger partial charge in [-0.05, 0) is 48.4 Å². The quantitative estimate of drug-likeness (QED) is 0.449. The molecule has 3 aromatic rings. The fourth-order valence-corrected chi connectivity index (χ4v) is 5.99. The minimum absolute atomic E-state index is 0.0125. The number of nitrogens with zero attached hydrogens (tertiary/aromatic N) is 3. The Balaban J connectivity index is 1.56. The van der Waals surface area contributed by atoms with Gasteiger partial charge in [0.05, 0.1) is 30.6 Å². The van der Waals surface area contributed by atoms with Gasteiger partial charge in [-0.3, -0.25) is 9.78 Å². The Morgan fingerprint density at radius 2 is 1.92 bits per heavy atom. The molecule has 196 valence electrons. The number of methoxy groups -OCH3 is 1. The molecule has 0 spiro atoms. The average molecular weight is 531 g/mol. The highest BCUT2D eigenvalue weighted by atomic mass is 32.1. The van der Waals surface area contributed by atoms with E-state index in [1.807, 2.05) is 13.0 Å². The highest BCUT2D eigenvalue weighted by molar-refractivity contribution is 7.19. The molecule has 37 heavy (non-hydrogen) atoms. The number of pyridine rings is 1. The van der Waals surface area contributed by atoms with Crippen LogP contribution < -0.4 is 16.8 Å². The lowest BCUT2D eigenvalue weighted by atomic mass is 9.73. The van der Waals surface area contributed by atoms with Crippen molar-refractivity contribution in [2.24, 2.45) is 11.7 Å². The summed E-state index contributed by atoms with van der Waals surface area (Å²) in [6.45, 7) is 2.02. The van der Waals surface area contributed by atoms with Gasteiger partial charge in [-0.25, -0.2) is 18.6 Å². The van der Waals surface area contributed by atoms with E-state index in [-0.39, 0.29) is 45.2 Å². The first kappa shape index (κ1) is 26.4. The number of hydrogen-bond acceptors (Lipinski definition) is 8. The summed E-state index contributed by atoms with van der Waals surface area (Å²) >= 11 is 0.826. The Labute approximate surface area is 216 Å². The molecular weight excluding hydrogens is 502 g/mol. The summed E-state index contributed by atoms with van der Waals surface area (Å²) in [4.78, 5) is 35.0. The zero-order valence-electron chi connectivity index (χ0n) is 20.6. The van der Waals surface area contributed by atoms with Gasteiger partial charge in [0, 0.05) is 19.3 Å². The van der Waals surface area contributed by atoms with Gasteiger partial charge in [0.15, 0.2) is 5.69 Å². The number of halogens is 2. The SMILES string of the molecule is COC(=O)N(C)[C@@H]1[C@H](C)C[C@H](c2ccncc2NC(=O)c2nc(-c3c(F)cccc3F)sc2N)C[C@@H]1N. The maximum absolute atomic E-state index is 14.2.